The zero-order valence-corrected chi connectivity index (χ0v) is 14.0. The van der Waals surface area contributed by atoms with Crippen molar-refractivity contribution in [1.29, 1.82) is 5.26 Å². The Hall–Kier alpha value is -2.91. The van der Waals surface area contributed by atoms with E-state index in [1.807, 2.05) is 42.5 Å². The van der Waals surface area contributed by atoms with Crippen LogP contribution >= 0.6 is 0 Å². The molecule has 0 unspecified atom stereocenters. The maximum Gasteiger partial charge on any atom is 0.142 e. The van der Waals surface area contributed by atoms with Gasteiger partial charge in [-0.2, -0.15) is 5.26 Å². The average Bonchev–Trinajstić information content (AvgIpc) is 2.70. The second kappa shape index (κ2) is 8.27. The number of hydrogen-bond donors (Lipinski definition) is 1. The van der Waals surface area contributed by atoms with Gasteiger partial charge in [-0.1, -0.05) is 41.6 Å². The Morgan fingerprint density at radius 1 is 1.08 bits per heavy atom. The number of oxime groups is 1. The third-order valence-corrected chi connectivity index (χ3v) is 4.44. The summed E-state index contributed by atoms with van der Waals surface area (Å²) in [6.07, 6.45) is 0.711. The highest BCUT2D eigenvalue weighted by molar-refractivity contribution is 6.00. The molecule has 0 spiro atoms. The van der Waals surface area contributed by atoms with Crippen LogP contribution in [0.4, 0.5) is 5.82 Å². The van der Waals surface area contributed by atoms with E-state index in [0.29, 0.717) is 17.8 Å². The van der Waals surface area contributed by atoms with Gasteiger partial charge in [-0.15, -0.1) is 0 Å². The lowest BCUT2D eigenvalue weighted by molar-refractivity contribution is 0.262. The standard InChI is InChI=1S/C19H21N5O/c20-15-17-7-4-8-19(21-17)24-13-11-23(12-14-24)10-9-18(22-25)16-5-2-1-3-6-16/h1-8,25H,9-14H2/b22-18-. The lowest BCUT2D eigenvalue weighted by atomic mass is 10.1. The lowest BCUT2D eigenvalue weighted by Gasteiger charge is -2.35. The first-order valence-electron chi connectivity index (χ1n) is 8.41. The van der Waals surface area contributed by atoms with Gasteiger partial charge in [0.15, 0.2) is 0 Å². The maximum absolute atomic E-state index is 9.28. The Morgan fingerprint density at radius 3 is 2.52 bits per heavy atom. The fourth-order valence-electron chi connectivity index (χ4n) is 3.01. The average molecular weight is 335 g/mol. The second-order valence-electron chi connectivity index (χ2n) is 5.98. The fourth-order valence-corrected chi connectivity index (χ4v) is 3.01. The Balaban J connectivity index is 1.52. The van der Waals surface area contributed by atoms with Crippen molar-refractivity contribution in [2.45, 2.75) is 6.42 Å². The van der Waals surface area contributed by atoms with E-state index in [-0.39, 0.29) is 0 Å². The number of pyridine rings is 1. The van der Waals surface area contributed by atoms with E-state index in [9.17, 15) is 5.21 Å². The van der Waals surface area contributed by atoms with Crippen molar-refractivity contribution in [3.8, 4) is 6.07 Å². The molecule has 1 aliphatic rings. The van der Waals surface area contributed by atoms with Crippen molar-refractivity contribution >= 4 is 11.5 Å². The summed E-state index contributed by atoms with van der Waals surface area (Å²) in [5, 5.41) is 21.7. The molecule has 1 N–H and O–H groups in total. The molecule has 1 aliphatic heterocycles. The molecule has 6 heteroatoms. The summed E-state index contributed by atoms with van der Waals surface area (Å²) in [7, 11) is 0. The Morgan fingerprint density at radius 2 is 1.84 bits per heavy atom. The molecule has 25 heavy (non-hydrogen) atoms. The lowest BCUT2D eigenvalue weighted by Crippen LogP contribution is -2.47. The summed E-state index contributed by atoms with van der Waals surface area (Å²) < 4.78 is 0. The van der Waals surface area contributed by atoms with E-state index in [4.69, 9.17) is 5.26 Å². The third-order valence-electron chi connectivity index (χ3n) is 4.44. The van der Waals surface area contributed by atoms with Crippen molar-refractivity contribution in [3.63, 3.8) is 0 Å². The molecule has 1 saturated heterocycles. The van der Waals surface area contributed by atoms with Crippen LogP contribution in [0.3, 0.4) is 0 Å². The molecule has 0 saturated carbocycles. The molecule has 2 heterocycles. The van der Waals surface area contributed by atoms with E-state index < -0.39 is 0 Å². The summed E-state index contributed by atoms with van der Waals surface area (Å²) in [4.78, 5) is 8.93. The maximum atomic E-state index is 9.28. The zero-order chi connectivity index (χ0) is 17.5. The van der Waals surface area contributed by atoms with Crippen LogP contribution in [0.2, 0.25) is 0 Å². The van der Waals surface area contributed by atoms with E-state index in [2.05, 4.69) is 26.0 Å². The Kier molecular flexibility index (Phi) is 5.60. The van der Waals surface area contributed by atoms with Gasteiger partial charge in [0, 0.05) is 39.1 Å². The first kappa shape index (κ1) is 16.9. The van der Waals surface area contributed by atoms with Crippen molar-refractivity contribution in [2.24, 2.45) is 5.16 Å². The molecule has 6 nitrogen and oxygen atoms in total. The number of anilines is 1. The molecular formula is C19H21N5O. The predicted molar refractivity (Wildman–Crippen MR) is 97.0 cm³/mol. The molecule has 1 aromatic carbocycles. The van der Waals surface area contributed by atoms with Gasteiger partial charge >= 0.3 is 0 Å². The van der Waals surface area contributed by atoms with Crippen LogP contribution in [0, 0.1) is 11.3 Å². The number of benzene rings is 1. The fraction of sp³-hybridized carbons (Fsp3) is 0.316. The van der Waals surface area contributed by atoms with Crippen molar-refractivity contribution in [1.82, 2.24) is 9.88 Å². The molecule has 0 aliphatic carbocycles. The second-order valence-corrected chi connectivity index (χ2v) is 5.98. The minimum atomic E-state index is 0.451. The number of piperazine rings is 1. The zero-order valence-electron chi connectivity index (χ0n) is 14.0. The first-order valence-corrected chi connectivity index (χ1v) is 8.41. The summed E-state index contributed by atoms with van der Waals surface area (Å²) in [6.45, 7) is 4.45. The van der Waals surface area contributed by atoms with Crippen LogP contribution in [-0.4, -0.2) is 53.5 Å². The molecular weight excluding hydrogens is 314 g/mol. The van der Waals surface area contributed by atoms with Crippen LogP contribution in [0.5, 0.6) is 0 Å². The van der Waals surface area contributed by atoms with E-state index in [1.54, 1.807) is 6.07 Å². The largest absolute Gasteiger partial charge is 0.411 e. The van der Waals surface area contributed by atoms with Crippen LogP contribution in [0.1, 0.15) is 17.7 Å². The SMILES string of the molecule is N#Cc1cccc(N2CCN(CC/C(=N/O)c3ccccc3)CC2)n1. The minimum absolute atomic E-state index is 0.451. The van der Waals surface area contributed by atoms with Gasteiger partial charge < -0.3 is 10.1 Å². The summed E-state index contributed by atoms with van der Waals surface area (Å²) in [6, 6.07) is 17.4. The van der Waals surface area contributed by atoms with Crippen LogP contribution in [-0.2, 0) is 0 Å². The summed E-state index contributed by atoms with van der Waals surface area (Å²) >= 11 is 0. The van der Waals surface area contributed by atoms with Gasteiger partial charge in [-0.3, -0.25) is 4.90 Å². The van der Waals surface area contributed by atoms with Gasteiger partial charge in [0.25, 0.3) is 0 Å². The predicted octanol–water partition coefficient (Wildman–Crippen LogP) is 2.34. The van der Waals surface area contributed by atoms with Gasteiger partial charge in [-0.05, 0) is 17.7 Å². The van der Waals surface area contributed by atoms with E-state index in [1.165, 1.54) is 0 Å². The van der Waals surface area contributed by atoms with Gasteiger partial charge in [0.2, 0.25) is 0 Å². The number of nitrogens with zero attached hydrogens (tertiary/aromatic N) is 5. The molecule has 0 bridgehead atoms. The number of nitriles is 1. The molecule has 0 amide bonds. The minimum Gasteiger partial charge on any atom is -0.411 e. The third kappa shape index (κ3) is 4.34. The van der Waals surface area contributed by atoms with Crippen molar-refractivity contribution in [2.75, 3.05) is 37.6 Å². The monoisotopic (exact) mass is 335 g/mol. The summed E-state index contributed by atoms with van der Waals surface area (Å²) in [5.74, 6) is 0.862. The smallest absolute Gasteiger partial charge is 0.142 e. The molecule has 3 rings (SSSR count). The number of hydrogen-bond acceptors (Lipinski definition) is 6. The topological polar surface area (TPSA) is 75.8 Å². The Labute approximate surface area is 147 Å². The molecule has 0 radical (unpaired) electrons. The van der Waals surface area contributed by atoms with Crippen LogP contribution in [0.15, 0.2) is 53.7 Å². The van der Waals surface area contributed by atoms with Gasteiger partial charge in [-0.25, -0.2) is 4.98 Å². The molecule has 128 valence electrons. The molecule has 2 aromatic rings. The molecule has 1 fully saturated rings. The van der Waals surface area contributed by atoms with E-state index >= 15 is 0 Å². The number of aromatic nitrogens is 1. The highest BCUT2D eigenvalue weighted by atomic mass is 16.4. The normalized spacial score (nSPS) is 15.8. The quantitative estimate of drug-likeness (QED) is 0.516. The van der Waals surface area contributed by atoms with Crippen molar-refractivity contribution in [3.05, 3.63) is 59.8 Å². The molecule has 1 aromatic heterocycles. The Bertz CT molecular complexity index is 761. The van der Waals surface area contributed by atoms with Crippen LogP contribution in [0.25, 0.3) is 0 Å². The van der Waals surface area contributed by atoms with Gasteiger partial charge in [0.1, 0.15) is 17.6 Å². The van der Waals surface area contributed by atoms with Gasteiger partial charge in [0.05, 0.1) is 5.71 Å². The number of rotatable bonds is 5. The van der Waals surface area contributed by atoms with Crippen LogP contribution < -0.4 is 4.90 Å². The van der Waals surface area contributed by atoms with Crippen molar-refractivity contribution < 1.29 is 5.21 Å². The van der Waals surface area contributed by atoms with E-state index in [0.717, 1.165) is 44.1 Å². The first-order chi connectivity index (χ1) is 12.3. The molecule has 0 atom stereocenters. The summed E-state index contributed by atoms with van der Waals surface area (Å²) in [5.41, 5.74) is 2.12. The highest BCUT2D eigenvalue weighted by Gasteiger charge is 2.18. The highest BCUT2D eigenvalue weighted by Crippen LogP contribution is 2.14.